The Morgan fingerprint density at radius 3 is 2.63 bits per heavy atom. The Labute approximate surface area is 118 Å². The topological polar surface area (TPSA) is 12.0 Å². The summed E-state index contributed by atoms with van der Waals surface area (Å²) < 4.78 is 13.6. The largest absolute Gasteiger partial charge is 0.309 e. The van der Waals surface area contributed by atoms with Gasteiger partial charge >= 0.3 is 0 Å². The quantitative estimate of drug-likeness (QED) is 0.876. The van der Waals surface area contributed by atoms with E-state index in [0.717, 1.165) is 17.5 Å². The number of aryl methyl sites for hydroxylation is 1. The first-order valence-corrected chi connectivity index (χ1v) is 6.75. The van der Waals surface area contributed by atoms with Crippen LogP contribution in [0.15, 0.2) is 42.5 Å². The highest BCUT2D eigenvalue weighted by molar-refractivity contribution is 6.31. The van der Waals surface area contributed by atoms with E-state index in [1.165, 1.54) is 11.6 Å². The molecule has 0 radical (unpaired) electrons. The van der Waals surface area contributed by atoms with Crippen LogP contribution in [-0.2, 0) is 6.42 Å². The van der Waals surface area contributed by atoms with Crippen LogP contribution in [0.1, 0.15) is 29.7 Å². The molecule has 1 nitrogen and oxygen atoms in total. The first-order valence-electron chi connectivity index (χ1n) is 6.37. The summed E-state index contributed by atoms with van der Waals surface area (Å²) in [4.78, 5) is 0. The molecule has 0 spiro atoms. The van der Waals surface area contributed by atoms with Gasteiger partial charge in [-0.15, -0.1) is 0 Å². The summed E-state index contributed by atoms with van der Waals surface area (Å²) >= 11 is 6.08. The second-order valence-corrected chi connectivity index (χ2v) is 4.84. The molecule has 1 unspecified atom stereocenters. The van der Waals surface area contributed by atoms with E-state index in [4.69, 9.17) is 11.6 Å². The Balaban J connectivity index is 2.46. The lowest BCUT2D eigenvalue weighted by Gasteiger charge is -2.19. The first-order chi connectivity index (χ1) is 9.17. The van der Waals surface area contributed by atoms with Gasteiger partial charge in [-0.1, -0.05) is 54.9 Å². The third-order valence-electron chi connectivity index (χ3n) is 3.27. The van der Waals surface area contributed by atoms with Crippen molar-refractivity contribution in [3.63, 3.8) is 0 Å². The summed E-state index contributed by atoms with van der Waals surface area (Å²) in [7, 11) is 1.85. The minimum atomic E-state index is -0.383. The van der Waals surface area contributed by atoms with E-state index in [1.807, 2.05) is 25.2 Å². The molecule has 0 fully saturated rings. The zero-order valence-electron chi connectivity index (χ0n) is 11.1. The minimum absolute atomic E-state index is 0.102. The van der Waals surface area contributed by atoms with Gasteiger partial charge in [0.05, 0.1) is 11.1 Å². The van der Waals surface area contributed by atoms with E-state index in [-0.39, 0.29) is 16.9 Å². The molecule has 0 saturated carbocycles. The summed E-state index contributed by atoms with van der Waals surface area (Å²) in [6, 6.07) is 13.1. The summed E-state index contributed by atoms with van der Waals surface area (Å²) in [5, 5.41) is 3.39. The van der Waals surface area contributed by atoms with E-state index in [1.54, 1.807) is 6.07 Å². The Morgan fingerprint density at radius 2 is 1.95 bits per heavy atom. The molecule has 0 aliphatic rings. The molecule has 2 aromatic carbocycles. The molecule has 19 heavy (non-hydrogen) atoms. The number of halogens is 2. The maximum Gasteiger partial charge on any atom is 0.142 e. The van der Waals surface area contributed by atoms with Gasteiger partial charge in [-0.05, 0) is 36.2 Å². The van der Waals surface area contributed by atoms with Crippen molar-refractivity contribution in [3.8, 4) is 0 Å². The van der Waals surface area contributed by atoms with Crippen LogP contribution in [0.5, 0.6) is 0 Å². The number of hydrogen-bond donors (Lipinski definition) is 1. The third kappa shape index (κ3) is 2.96. The number of nitrogens with one attached hydrogen (secondary N) is 1. The van der Waals surface area contributed by atoms with E-state index >= 15 is 0 Å². The van der Waals surface area contributed by atoms with Crippen LogP contribution in [0.4, 0.5) is 4.39 Å². The second kappa shape index (κ2) is 6.18. The zero-order chi connectivity index (χ0) is 13.8. The van der Waals surface area contributed by atoms with E-state index in [9.17, 15) is 4.39 Å². The first kappa shape index (κ1) is 14.0. The maximum absolute atomic E-state index is 13.6. The Bertz CT molecular complexity index is 568. The highest BCUT2D eigenvalue weighted by atomic mass is 35.5. The van der Waals surface area contributed by atoms with Crippen LogP contribution < -0.4 is 5.32 Å². The predicted molar refractivity (Wildman–Crippen MR) is 78.1 cm³/mol. The van der Waals surface area contributed by atoms with Gasteiger partial charge in [-0.25, -0.2) is 4.39 Å². The van der Waals surface area contributed by atoms with Crippen molar-refractivity contribution in [3.05, 3.63) is 70.0 Å². The second-order valence-electron chi connectivity index (χ2n) is 4.46. The van der Waals surface area contributed by atoms with E-state index in [0.29, 0.717) is 0 Å². The Hall–Kier alpha value is -1.38. The minimum Gasteiger partial charge on any atom is -0.309 e. The Morgan fingerprint density at radius 1 is 1.21 bits per heavy atom. The monoisotopic (exact) mass is 277 g/mol. The third-order valence-corrected chi connectivity index (χ3v) is 3.67. The van der Waals surface area contributed by atoms with Crippen LogP contribution >= 0.6 is 11.6 Å². The standard InChI is InChI=1S/C16H17ClFN/c1-3-11-6-4-7-12(10-11)16(19-2)13-8-5-9-14(18)15(13)17/h4-10,16,19H,3H2,1-2H3. The number of rotatable bonds is 4. The van der Waals surface area contributed by atoms with E-state index in [2.05, 4.69) is 24.4 Å². The molecular formula is C16H17ClFN. The average Bonchev–Trinajstić information content (AvgIpc) is 2.44. The van der Waals surface area contributed by atoms with E-state index < -0.39 is 0 Å². The van der Waals surface area contributed by atoms with Crippen molar-refractivity contribution in [2.24, 2.45) is 0 Å². The van der Waals surface area contributed by atoms with Gasteiger partial charge in [0.1, 0.15) is 5.82 Å². The highest BCUT2D eigenvalue weighted by Gasteiger charge is 2.17. The smallest absolute Gasteiger partial charge is 0.142 e. The summed E-state index contributed by atoms with van der Waals surface area (Å²) in [6.07, 6.45) is 0.973. The van der Waals surface area contributed by atoms with Crippen molar-refractivity contribution in [1.82, 2.24) is 5.32 Å². The molecule has 2 aromatic rings. The van der Waals surface area contributed by atoms with Gasteiger partial charge in [0.15, 0.2) is 0 Å². The molecule has 100 valence electrons. The average molecular weight is 278 g/mol. The molecule has 3 heteroatoms. The molecule has 0 amide bonds. The lowest BCUT2D eigenvalue weighted by Crippen LogP contribution is -2.18. The van der Waals surface area contributed by atoms with Crippen molar-refractivity contribution in [2.45, 2.75) is 19.4 Å². The maximum atomic E-state index is 13.6. The molecule has 1 atom stereocenters. The van der Waals surface area contributed by atoms with Gasteiger partial charge in [-0.2, -0.15) is 0 Å². The fourth-order valence-electron chi connectivity index (χ4n) is 2.24. The molecule has 0 aliphatic carbocycles. The van der Waals surface area contributed by atoms with Crippen molar-refractivity contribution in [1.29, 1.82) is 0 Å². The molecular weight excluding hydrogens is 261 g/mol. The van der Waals surface area contributed by atoms with Crippen molar-refractivity contribution < 1.29 is 4.39 Å². The fraction of sp³-hybridized carbons (Fsp3) is 0.250. The lowest BCUT2D eigenvalue weighted by atomic mass is 9.96. The van der Waals surface area contributed by atoms with Gasteiger partial charge in [-0.3, -0.25) is 0 Å². The van der Waals surface area contributed by atoms with Gasteiger partial charge in [0.25, 0.3) is 0 Å². The Kier molecular flexibility index (Phi) is 4.56. The van der Waals surface area contributed by atoms with Gasteiger partial charge in [0, 0.05) is 0 Å². The van der Waals surface area contributed by atoms with Crippen LogP contribution in [0.3, 0.4) is 0 Å². The normalized spacial score (nSPS) is 12.4. The van der Waals surface area contributed by atoms with Crippen molar-refractivity contribution >= 4 is 11.6 Å². The molecule has 0 aromatic heterocycles. The summed E-state index contributed by atoms with van der Waals surface area (Å²) in [6.45, 7) is 2.11. The predicted octanol–water partition coefficient (Wildman–Crippen LogP) is 4.35. The summed E-state index contributed by atoms with van der Waals surface area (Å²) in [5.41, 5.74) is 3.11. The number of benzene rings is 2. The molecule has 0 aliphatic heterocycles. The zero-order valence-corrected chi connectivity index (χ0v) is 11.8. The fourth-order valence-corrected chi connectivity index (χ4v) is 2.47. The molecule has 0 saturated heterocycles. The highest BCUT2D eigenvalue weighted by Crippen LogP contribution is 2.30. The van der Waals surface area contributed by atoms with Crippen LogP contribution in [0, 0.1) is 5.82 Å². The van der Waals surface area contributed by atoms with Crippen LogP contribution in [0.2, 0.25) is 5.02 Å². The molecule has 0 heterocycles. The van der Waals surface area contributed by atoms with Gasteiger partial charge < -0.3 is 5.32 Å². The lowest BCUT2D eigenvalue weighted by molar-refractivity contribution is 0.617. The molecule has 2 rings (SSSR count). The summed E-state index contributed by atoms with van der Waals surface area (Å²) in [5.74, 6) is -0.383. The van der Waals surface area contributed by atoms with Gasteiger partial charge in [0.2, 0.25) is 0 Å². The van der Waals surface area contributed by atoms with Crippen LogP contribution in [-0.4, -0.2) is 7.05 Å². The number of hydrogen-bond acceptors (Lipinski definition) is 1. The van der Waals surface area contributed by atoms with Crippen LogP contribution in [0.25, 0.3) is 0 Å². The molecule has 1 N–H and O–H groups in total. The van der Waals surface area contributed by atoms with Crippen molar-refractivity contribution in [2.75, 3.05) is 7.05 Å². The SMILES string of the molecule is CCc1cccc(C(NC)c2cccc(F)c2Cl)c1. The molecule has 0 bridgehead atoms.